The van der Waals surface area contributed by atoms with E-state index in [0.29, 0.717) is 33.4 Å². The van der Waals surface area contributed by atoms with Gasteiger partial charge in [-0.3, -0.25) is 13.9 Å². The van der Waals surface area contributed by atoms with Crippen LogP contribution in [0.4, 0.5) is 11.5 Å². The van der Waals surface area contributed by atoms with Gasteiger partial charge in [-0.2, -0.15) is 13.6 Å². The molecule has 0 saturated carbocycles. The number of fused-ring (bicyclic) bond motifs is 4. The van der Waals surface area contributed by atoms with Crippen LogP contribution in [0.3, 0.4) is 0 Å². The zero-order chi connectivity index (χ0) is 54.0. The molecule has 4 aliphatic rings. The molecule has 8 rings (SSSR count). The van der Waals surface area contributed by atoms with Gasteiger partial charge in [0.1, 0.15) is 30.1 Å². The predicted octanol–water partition coefficient (Wildman–Crippen LogP) is 5.41. The average molecular weight is 1080 g/mol. The molecule has 25 heteroatoms. The first-order valence-electron chi connectivity index (χ1n) is 23.4. The Morgan fingerprint density at radius 2 is 1.64 bits per heavy atom. The lowest BCUT2D eigenvalue weighted by atomic mass is 9.83. The molecule has 0 aliphatic carbocycles. The van der Waals surface area contributed by atoms with E-state index in [1.54, 1.807) is 12.1 Å². The molecule has 1 fully saturated rings. The van der Waals surface area contributed by atoms with Gasteiger partial charge in [0, 0.05) is 71.4 Å². The zero-order valence-corrected chi connectivity index (χ0v) is 44.3. The second-order valence-electron chi connectivity index (χ2n) is 19.1. The number of allylic oxidation sites excluding steroid dienone is 2. The standard InChI is InChI=1S/C49H55N6O16P3/c1-9-54-38-21-40-36(19-33(38)27(3)23-48(54,5)6)43(37-20-34-28(4)24-49(7,8)55(10-2)39(34)22-41(37)69-40)32-15-13-29(18-35(32)46(57)58)45(56)51-17-11-12-30-25-53(47(59)52-44(30)50)42-16-14-31(68-42)26-67-73(63,64)71-74(65,66)70-72(60,61)62/h13,15,18-25,31,42H,9-10,14,16-17,26H2,1-8H3,(H7-,50,51,52,56,57,58,59,60,61,62,63,64,65,66)/p+1/t31-,42+/m0/s1. The number of nitrogens with two attached hydrogens (primary N) is 1. The maximum atomic E-state index is 13.7. The second kappa shape index (κ2) is 19.9. The summed E-state index contributed by atoms with van der Waals surface area (Å²) in [6.07, 6.45) is 4.01. The van der Waals surface area contributed by atoms with Gasteiger partial charge in [-0.05, 0) is 101 Å². The number of nitrogens with one attached hydrogen (secondary N) is 1. The Kier molecular flexibility index (Phi) is 14.6. The SMILES string of the molecule is CCN1c2cc3c(cc2C(C)=CC1(C)C)C(c1ccc(C(=O)NCC#Cc2cn([C@H]4CC[C@@H](COP(=O)(O)OP(=O)(O)OP(=O)(O)O)O4)c(=O)nc2N)cc1C(=O)O)=c1cc2c(cc1O3)=[N+](CC)C(C)(C)C=C2C. The van der Waals surface area contributed by atoms with Crippen LogP contribution in [0.25, 0.3) is 16.7 Å². The van der Waals surface area contributed by atoms with Crippen molar-refractivity contribution in [1.82, 2.24) is 19.4 Å². The summed E-state index contributed by atoms with van der Waals surface area (Å²) < 4.78 is 62.8. The Hall–Kier alpha value is -6.04. The van der Waals surface area contributed by atoms with Gasteiger partial charge in [0.05, 0.1) is 42.0 Å². The molecular formula is C49H56N6O16P3+. The van der Waals surface area contributed by atoms with Crippen LogP contribution in [0.1, 0.15) is 123 Å². The van der Waals surface area contributed by atoms with Crippen molar-refractivity contribution in [2.45, 2.75) is 91.6 Å². The molecule has 392 valence electrons. The summed E-state index contributed by atoms with van der Waals surface area (Å²) in [4.78, 5) is 82.7. The van der Waals surface area contributed by atoms with Crippen molar-refractivity contribution < 1.29 is 70.6 Å². The highest BCUT2D eigenvalue weighted by molar-refractivity contribution is 7.66. The first-order valence-corrected chi connectivity index (χ1v) is 27.9. The number of ether oxygens (including phenoxy) is 2. The summed E-state index contributed by atoms with van der Waals surface area (Å²) in [5.41, 5.74) is 11.4. The van der Waals surface area contributed by atoms with Crippen LogP contribution in [-0.2, 0) is 31.6 Å². The Morgan fingerprint density at radius 3 is 2.31 bits per heavy atom. The van der Waals surface area contributed by atoms with Crippen molar-refractivity contribution >= 4 is 63.6 Å². The van der Waals surface area contributed by atoms with Crippen LogP contribution in [0.5, 0.6) is 11.5 Å². The molecule has 74 heavy (non-hydrogen) atoms. The van der Waals surface area contributed by atoms with E-state index in [1.165, 1.54) is 12.3 Å². The number of rotatable bonds is 14. The van der Waals surface area contributed by atoms with Crippen LogP contribution in [0, 0.1) is 11.8 Å². The lowest BCUT2D eigenvalue weighted by molar-refractivity contribution is -0.0242. The highest BCUT2D eigenvalue weighted by atomic mass is 31.3. The van der Waals surface area contributed by atoms with Crippen molar-refractivity contribution in [1.29, 1.82) is 0 Å². The van der Waals surface area contributed by atoms with Gasteiger partial charge in [0.2, 0.25) is 5.36 Å². The second-order valence-corrected chi connectivity index (χ2v) is 23.5. The van der Waals surface area contributed by atoms with Gasteiger partial charge in [0.25, 0.3) is 5.91 Å². The van der Waals surface area contributed by atoms with E-state index in [0.717, 1.165) is 51.0 Å². The Morgan fingerprint density at radius 1 is 0.919 bits per heavy atom. The third kappa shape index (κ3) is 11.0. The van der Waals surface area contributed by atoms with E-state index in [4.69, 9.17) is 25.0 Å². The highest BCUT2D eigenvalue weighted by Crippen LogP contribution is 2.66. The number of likely N-dealkylation sites (N-methyl/N-ethyl adjacent to an activating group) is 2. The van der Waals surface area contributed by atoms with Crippen LogP contribution in [-0.4, -0.2) is 89.5 Å². The minimum atomic E-state index is -5.73. The largest absolute Gasteiger partial charge is 0.490 e. The van der Waals surface area contributed by atoms with Crippen molar-refractivity contribution in [3.8, 4) is 23.3 Å². The summed E-state index contributed by atoms with van der Waals surface area (Å²) in [5.74, 6) is 4.53. The quantitative estimate of drug-likeness (QED) is 0.0415. The number of carbonyl (C=O) groups excluding carboxylic acids is 1. The summed E-state index contributed by atoms with van der Waals surface area (Å²) >= 11 is 0. The lowest BCUT2D eigenvalue weighted by Crippen LogP contribution is -2.49. The normalized spacial score (nSPS) is 20.0. The molecule has 1 saturated heterocycles. The Labute approximate surface area is 424 Å². The highest BCUT2D eigenvalue weighted by Gasteiger charge is 2.42. The van der Waals surface area contributed by atoms with E-state index in [1.807, 2.05) is 12.1 Å². The van der Waals surface area contributed by atoms with Crippen molar-refractivity contribution in [3.05, 3.63) is 121 Å². The minimum Gasteiger partial charge on any atom is -0.478 e. The van der Waals surface area contributed by atoms with Crippen molar-refractivity contribution in [3.63, 3.8) is 0 Å². The van der Waals surface area contributed by atoms with Crippen LogP contribution in [0.15, 0.2) is 65.6 Å². The number of anilines is 2. The summed E-state index contributed by atoms with van der Waals surface area (Å²) in [6.45, 7) is 17.5. The van der Waals surface area contributed by atoms with E-state index >= 15 is 0 Å². The van der Waals surface area contributed by atoms with Gasteiger partial charge < -0.3 is 50.1 Å². The molecule has 3 aromatic carbocycles. The van der Waals surface area contributed by atoms with Crippen molar-refractivity contribution in [2.24, 2.45) is 0 Å². The zero-order valence-electron chi connectivity index (χ0n) is 41.6. The summed E-state index contributed by atoms with van der Waals surface area (Å²) in [5, 5.41) is 15.3. The van der Waals surface area contributed by atoms with Gasteiger partial charge in [0.15, 0.2) is 5.54 Å². The molecule has 1 amide bonds. The maximum absolute atomic E-state index is 13.7. The van der Waals surface area contributed by atoms with Crippen LogP contribution >= 0.6 is 23.5 Å². The minimum absolute atomic E-state index is 0.0479. The van der Waals surface area contributed by atoms with E-state index < -0.39 is 60.0 Å². The predicted molar refractivity (Wildman–Crippen MR) is 273 cm³/mol. The number of aromatic nitrogens is 2. The third-order valence-corrected chi connectivity index (χ3v) is 16.9. The number of carboxylic acid groups (broad SMARTS) is 1. The number of phosphoric ester groups is 1. The van der Waals surface area contributed by atoms with E-state index in [2.05, 4.69) is 124 Å². The number of nitrogens with zero attached hydrogens (tertiary/aromatic N) is 4. The Balaban J connectivity index is 1.06. The van der Waals surface area contributed by atoms with E-state index in [9.17, 15) is 43.0 Å². The molecular weight excluding hydrogens is 1020 g/mol. The molecule has 4 aromatic rings. The molecule has 4 atom stereocenters. The topological polar surface area (TPSA) is 312 Å². The molecule has 2 unspecified atom stereocenters. The number of amides is 1. The number of nitrogen functional groups attached to an aromatic ring is 1. The fourth-order valence-electron chi connectivity index (χ4n) is 10.2. The Bertz CT molecular complexity index is 3530. The number of carbonyl (C=O) groups is 2. The molecule has 0 radical (unpaired) electrons. The fourth-order valence-corrected chi connectivity index (χ4v) is 13.3. The molecule has 22 nitrogen and oxygen atoms in total. The molecule has 1 aromatic heterocycles. The first-order chi connectivity index (χ1) is 34.5. The molecule has 5 heterocycles. The molecule has 8 N–H and O–H groups in total. The number of aromatic carboxylic acids is 1. The molecule has 0 bridgehead atoms. The maximum Gasteiger partial charge on any atom is 0.490 e. The monoisotopic (exact) mass is 1080 g/mol. The van der Waals surface area contributed by atoms with Crippen LogP contribution < -0.4 is 41.5 Å². The van der Waals surface area contributed by atoms with Crippen molar-refractivity contribution in [2.75, 3.05) is 36.9 Å². The molecule has 4 aliphatic heterocycles. The van der Waals surface area contributed by atoms with Gasteiger partial charge in [-0.15, -0.1) is 0 Å². The average Bonchev–Trinajstić information content (AvgIpc) is 3.76. The number of hydrogen-bond donors (Lipinski definition) is 7. The van der Waals surface area contributed by atoms with Crippen LogP contribution in [0.2, 0.25) is 0 Å². The fraction of sp³-hybridized carbons (Fsp3) is 0.367. The van der Waals surface area contributed by atoms with Gasteiger partial charge >= 0.3 is 35.1 Å². The smallest absolute Gasteiger partial charge is 0.478 e. The summed E-state index contributed by atoms with van der Waals surface area (Å²) in [6, 6.07) is 12.7. The molecule has 0 spiro atoms. The lowest BCUT2D eigenvalue weighted by Gasteiger charge is -2.43. The number of benzene rings is 3. The van der Waals surface area contributed by atoms with Gasteiger partial charge in [-0.25, -0.2) is 27.9 Å². The number of carboxylic acids is 1. The summed E-state index contributed by atoms with van der Waals surface area (Å²) in [7, 11) is -16.7. The van der Waals surface area contributed by atoms with E-state index in [-0.39, 0.29) is 53.0 Å². The third-order valence-electron chi connectivity index (χ3n) is 13.1. The number of hydrogen-bond acceptors (Lipinski definition) is 14. The van der Waals surface area contributed by atoms with Gasteiger partial charge in [-0.1, -0.05) is 24.0 Å². The number of phosphoric acid groups is 3. The first kappa shape index (κ1) is 54.2.